The van der Waals surface area contributed by atoms with Gasteiger partial charge in [0.15, 0.2) is 6.29 Å². The summed E-state index contributed by atoms with van der Waals surface area (Å²) >= 11 is 0. The zero-order valence-electron chi connectivity index (χ0n) is 11.1. The average Bonchev–Trinajstić information content (AvgIpc) is 2.47. The molecule has 1 aliphatic heterocycles. The van der Waals surface area contributed by atoms with E-state index in [-0.39, 0.29) is 18.6 Å². The molecule has 0 saturated carbocycles. The Balaban J connectivity index is 1.80. The first-order valence-corrected chi connectivity index (χ1v) is 6.47. The molecule has 1 amide bonds. The van der Waals surface area contributed by atoms with Gasteiger partial charge in [-0.2, -0.15) is 0 Å². The number of amides is 1. The van der Waals surface area contributed by atoms with Gasteiger partial charge in [-0.15, -0.1) is 0 Å². The van der Waals surface area contributed by atoms with Crippen LogP contribution in [0.4, 0.5) is 0 Å². The molecule has 1 saturated heterocycles. The zero-order valence-corrected chi connectivity index (χ0v) is 11.1. The highest BCUT2D eigenvalue weighted by Crippen LogP contribution is 2.18. The highest BCUT2D eigenvalue weighted by molar-refractivity contribution is 5.78. The van der Waals surface area contributed by atoms with Crippen molar-refractivity contribution in [3.8, 4) is 5.75 Å². The molecule has 1 heterocycles. The number of nitrogens with one attached hydrogen (secondary N) is 1. The highest BCUT2D eigenvalue weighted by atomic mass is 16.8. The monoisotopic (exact) mass is 265 g/mol. The first-order valence-electron chi connectivity index (χ1n) is 6.47. The number of methoxy groups -OCH3 is 1. The second-order valence-corrected chi connectivity index (χ2v) is 4.43. The third kappa shape index (κ3) is 4.22. The number of hydrogen-bond donors (Lipinski definition) is 1. The van der Waals surface area contributed by atoms with Crippen LogP contribution in [0.2, 0.25) is 0 Å². The summed E-state index contributed by atoms with van der Waals surface area (Å²) in [5.74, 6) is 0.491. The van der Waals surface area contributed by atoms with Crippen LogP contribution >= 0.6 is 0 Å². The van der Waals surface area contributed by atoms with Crippen LogP contribution in [0.1, 0.15) is 24.8 Å². The number of hydrogen-bond acceptors (Lipinski definition) is 4. The van der Waals surface area contributed by atoms with E-state index in [1.165, 1.54) is 0 Å². The lowest BCUT2D eigenvalue weighted by molar-refractivity contribution is -0.200. The minimum Gasteiger partial charge on any atom is -0.496 e. The number of benzene rings is 1. The van der Waals surface area contributed by atoms with Crippen molar-refractivity contribution in [1.29, 1.82) is 0 Å². The summed E-state index contributed by atoms with van der Waals surface area (Å²) in [5.41, 5.74) is 3.26. The Kier molecular flexibility index (Phi) is 5.18. The summed E-state index contributed by atoms with van der Waals surface area (Å²) in [6.45, 7) is 0.688. The van der Waals surface area contributed by atoms with E-state index in [1.807, 2.05) is 24.3 Å². The molecule has 5 nitrogen and oxygen atoms in total. The van der Waals surface area contributed by atoms with Crippen molar-refractivity contribution in [3.63, 3.8) is 0 Å². The maximum Gasteiger partial charge on any atom is 0.248 e. The van der Waals surface area contributed by atoms with Crippen molar-refractivity contribution in [2.45, 2.75) is 32.0 Å². The molecule has 0 aliphatic carbocycles. The van der Waals surface area contributed by atoms with E-state index in [2.05, 4.69) is 5.48 Å². The summed E-state index contributed by atoms with van der Waals surface area (Å²) < 4.78 is 10.6. The van der Waals surface area contributed by atoms with Crippen molar-refractivity contribution in [2.24, 2.45) is 0 Å². The molecule has 0 bridgehead atoms. The summed E-state index contributed by atoms with van der Waals surface area (Å²) in [6, 6.07) is 7.42. The van der Waals surface area contributed by atoms with Crippen molar-refractivity contribution in [1.82, 2.24) is 5.48 Å². The largest absolute Gasteiger partial charge is 0.496 e. The number of hydroxylamine groups is 1. The first-order chi connectivity index (χ1) is 9.29. The standard InChI is InChI=1S/C14H19NO4/c1-17-12-7-3-2-6-11(12)10-13(16)15-19-14-8-4-5-9-18-14/h2-3,6-7,14H,4-5,8-10H2,1H3,(H,15,16)/t14-/m0/s1. The molecule has 1 fully saturated rings. The maximum absolute atomic E-state index is 11.8. The third-order valence-electron chi connectivity index (χ3n) is 2.99. The molecule has 1 aromatic rings. The molecule has 1 aromatic carbocycles. The van der Waals surface area contributed by atoms with E-state index in [4.69, 9.17) is 14.3 Å². The van der Waals surface area contributed by atoms with Gasteiger partial charge < -0.3 is 9.47 Å². The lowest BCUT2D eigenvalue weighted by atomic mass is 10.1. The Hall–Kier alpha value is -1.59. The van der Waals surface area contributed by atoms with Gasteiger partial charge in [-0.05, 0) is 18.9 Å². The van der Waals surface area contributed by atoms with E-state index >= 15 is 0 Å². The molecule has 0 unspecified atom stereocenters. The van der Waals surface area contributed by atoms with E-state index in [0.717, 1.165) is 24.8 Å². The molecule has 5 heteroatoms. The predicted octanol–water partition coefficient (Wildman–Crippen LogP) is 1.81. The molecule has 1 N–H and O–H groups in total. The van der Waals surface area contributed by atoms with Crippen LogP contribution in [0.15, 0.2) is 24.3 Å². The number of para-hydroxylation sites is 1. The van der Waals surface area contributed by atoms with Gasteiger partial charge >= 0.3 is 0 Å². The van der Waals surface area contributed by atoms with E-state index < -0.39 is 0 Å². The molecule has 1 atom stereocenters. The quantitative estimate of drug-likeness (QED) is 0.825. The van der Waals surface area contributed by atoms with E-state index in [0.29, 0.717) is 12.4 Å². The van der Waals surface area contributed by atoms with Gasteiger partial charge in [0, 0.05) is 18.6 Å². The summed E-state index contributed by atoms with van der Waals surface area (Å²) in [4.78, 5) is 17.0. The molecule has 104 valence electrons. The molecule has 0 aromatic heterocycles. The lowest BCUT2D eigenvalue weighted by Crippen LogP contribution is -2.33. The summed E-state index contributed by atoms with van der Waals surface area (Å²) in [5, 5.41) is 0. The Morgan fingerprint density at radius 2 is 2.26 bits per heavy atom. The lowest BCUT2D eigenvalue weighted by Gasteiger charge is -2.22. The highest BCUT2D eigenvalue weighted by Gasteiger charge is 2.16. The van der Waals surface area contributed by atoms with Gasteiger partial charge in [-0.3, -0.25) is 4.79 Å². The number of rotatable bonds is 5. The van der Waals surface area contributed by atoms with Crippen LogP contribution in [0.25, 0.3) is 0 Å². The van der Waals surface area contributed by atoms with E-state index in [9.17, 15) is 4.79 Å². The normalized spacial score (nSPS) is 18.9. The fourth-order valence-corrected chi connectivity index (χ4v) is 1.99. The minimum absolute atomic E-state index is 0.210. The van der Waals surface area contributed by atoms with Crippen LogP contribution < -0.4 is 10.2 Å². The average molecular weight is 265 g/mol. The van der Waals surface area contributed by atoms with Gasteiger partial charge in [0.2, 0.25) is 5.91 Å². The smallest absolute Gasteiger partial charge is 0.248 e. The van der Waals surface area contributed by atoms with Gasteiger partial charge in [-0.1, -0.05) is 18.2 Å². The third-order valence-corrected chi connectivity index (χ3v) is 2.99. The van der Waals surface area contributed by atoms with Crippen molar-refractivity contribution >= 4 is 5.91 Å². The molecule has 0 spiro atoms. The Morgan fingerprint density at radius 1 is 1.42 bits per heavy atom. The molecule has 1 aliphatic rings. The van der Waals surface area contributed by atoms with Crippen LogP contribution in [-0.4, -0.2) is 25.9 Å². The molecule has 0 radical (unpaired) electrons. The molecular formula is C14H19NO4. The fourth-order valence-electron chi connectivity index (χ4n) is 1.99. The second-order valence-electron chi connectivity index (χ2n) is 4.43. The minimum atomic E-state index is -0.324. The van der Waals surface area contributed by atoms with Crippen LogP contribution in [-0.2, 0) is 20.8 Å². The van der Waals surface area contributed by atoms with Crippen LogP contribution in [0.3, 0.4) is 0 Å². The molecular weight excluding hydrogens is 246 g/mol. The SMILES string of the molecule is COc1ccccc1CC(=O)NO[C@H]1CCCCO1. The Morgan fingerprint density at radius 3 is 3.00 bits per heavy atom. The topological polar surface area (TPSA) is 56.8 Å². The fraction of sp³-hybridized carbons (Fsp3) is 0.500. The van der Waals surface area contributed by atoms with E-state index in [1.54, 1.807) is 7.11 Å². The number of carbonyl (C=O) groups is 1. The molecule has 2 rings (SSSR count). The summed E-state index contributed by atoms with van der Waals surface area (Å²) in [7, 11) is 1.59. The maximum atomic E-state index is 11.8. The van der Waals surface area contributed by atoms with Crippen LogP contribution in [0.5, 0.6) is 5.75 Å². The predicted molar refractivity (Wildman–Crippen MR) is 69.5 cm³/mol. The van der Waals surface area contributed by atoms with Crippen molar-refractivity contribution in [3.05, 3.63) is 29.8 Å². The number of carbonyl (C=O) groups excluding carboxylic acids is 1. The van der Waals surface area contributed by atoms with Crippen LogP contribution in [0, 0.1) is 0 Å². The molecule has 19 heavy (non-hydrogen) atoms. The zero-order chi connectivity index (χ0) is 13.5. The van der Waals surface area contributed by atoms with Gasteiger partial charge in [-0.25, -0.2) is 10.3 Å². The summed E-state index contributed by atoms with van der Waals surface area (Å²) in [6.07, 6.45) is 2.82. The second kappa shape index (κ2) is 7.11. The van der Waals surface area contributed by atoms with Gasteiger partial charge in [0.05, 0.1) is 13.5 Å². The van der Waals surface area contributed by atoms with Crippen molar-refractivity contribution in [2.75, 3.05) is 13.7 Å². The number of ether oxygens (including phenoxy) is 2. The van der Waals surface area contributed by atoms with Crippen molar-refractivity contribution < 1.29 is 19.1 Å². The first kappa shape index (κ1) is 13.8. The Labute approximate surface area is 112 Å². The Bertz CT molecular complexity index is 416. The van der Waals surface area contributed by atoms with Gasteiger partial charge in [0.25, 0.3) is 0 Å². The van der Waals surface area contributed by atoms with Gasteiger partial charge in [0.1, 0.15) is 5.75 Å².